The average molecular weight is 541 g/mol. The third-order valence-corrected chi connectivity index (χ3v) is 6.73. The number of fused-ring (bicyclic) bond motifs is 1. The zero-order chi connectivity index (χ0) is 25.6. The largest absolute Gasteiger partial charge is 0.332 e. The van der Waals surface area contributed by atoms with Crippen LogP contribution >= 0.6 is 15.9 Å². The second kappa shape index (κ2) is 12.0. The van der Waals surface area contributed by atoms with Gasteiger partial charge in [0.25, 0.3) is 5.56 Å². The fourth-order valence-corrected chi connectivity index (χ4v) is 4.74. The Bertz CT molecular complexity index is 1200. The summed E-state index contributed by atoms with van der Waals surface area (Å²) in [5, 5.41) is 0.574. The van der Waals surface area contributed by atoms with Crippen LogP contribution in [-0.2, 0) is 4.79 Å². The molecule has 1 atom stereocenters. The van der Waals surface area contributed by atoms with Gasteiger partial charge in [-0.15, -0.1) is 0 Å². The smallest absolute Gasteiger partial charge is 0.266 e. The van der Waals surface area contributed by atoms with Gasteiger partial charge in [0.1, 0.15) is 5.82 Å². The Morgan fingerprint density at radius 1 is 1.03 bits per heavy atom. The summed E-state index contributed by atoms with van der Waals surface area (Å²) in [6.45, 7) is 11.2. The van der Waals surface area contributed by atoms with Crippen molar-refractivity contribution in [1.82, 2.24) is 14.5 Å². The van der Waals surface area contributed by atoms with Gasteiger partial charge in [0.15, 0.2) is 0 Å². The molecule has 0 fully saturated rings. The molecule has 1 unspecified atom stereocenters. The molecule has 6 heteroatoms. The number of nitrogens with zero attached hydrogens (tertiary/aromatic N) is 3. The summed E-state index contributed by atoms with van der Waals surface area (Å²) in [5.41, 5.74) is 1.17. The number of carbonyl (C=O) groups excluding carboxylic acids is 1. The van der Waals surface area contributed by atoms with E-state index in [-0.39, 0.29) is 22.9 Å². The Balaban J connectivity index is 2.18. The second-order valence-corrected chi connectivity index (χ2v) is 11.3. The molecule has 0 radical (unpaired) electrons. The first-order valence-corrected chi connectivity index (χ1v) is 13.5. The topological polar surface area (TPSA) is 55.2 Å². The second-order valence-electron chi connectivity index (χ2n) is 10.4. The molecule has 35 heavy (non-hydrogen) atoms. The van der Waals surface area contributed by atoms with Crippen LogP contribution in [0.3, 0.4) is 0 Å². The lowest BCUT2D eigenvalue weighted by Crippen LogP contribution is -2.40. The van der Waals surface area contributed by atoms with Crippen LogP contribution in [0.4, 0.5) is 0 Å². The van der Waals surface area contributed by atoms with Crippen LogP contribution in [0, 0.1) is 5.41 Å². The van der Waals surface area contributed by atoms with Crippen molar-refractivity contribution in [2.45, 2.75) is 79.2 Å². The Hall–Kier alpha value is -2.47. The Kier molecular flexibility index (Phi) is 9.28. The van der Waals surface area contributed by atoms with Gasteiger partial charge in [-0.2, -0.15) is 0 Å². The quantitative estimate of drug-likeness (QED) is 0.251. The van der Waals surface area contributed by atoms with E-state index in [2.05, 4.69) is 50.5 Å². The molecule has 1 amide bonds. The molecule has 0 aliphatic carbocycles. The number of benzene rings is 2. The highest BCUT2D eigenvalue weighted by Crippen LogP contribution is 2.30. The molecule has 0 spiro atoms. The van der Waals surface area contributed by atoms with Gasteiger partial charge < -0.3 is 4.90 Å². The van der Waals surface area contributed by atoms with Crippen LogP contribution in [0.25, 0.3) is 16.6 Å². The molecule has 2 aromatic carbocycles. The van der Waals surface area contributed by atoms with Gasteiger partial charge in [-0.1, -0.05) is 81.9 Å². The predicted octanol–water partition coefficient (Wildman–Crippen LogP) is 7.44. The highest BCUT2D eigenvalue weighted by atomic mass is 79.9. The first-order valence-electron chi connectivity index (χ1n) is 12.7. The molecule has 0 bridgehead atoms. The van der Waals surface area contributed by atoms with Crippen LogP contribution in [-0.4, -0.2) is 26.9 Å². The van der Waals surface area contributed by atoms with Crippen molar-refractivity contribution in [3.05, 3.63) is 69.2 Å². The minimum absolute atomic E-state index is 0.111. The van der Waals surface area contributed by atoms with Gasteiger partial charge >= 0.3 is 0 Å². The summed E-state index contributed by atoms with van der Waals surface area (Å²) in [7, 11) is 0. The molecule has 3 rings (SSSR count). The van der Waals surface area contributed by atoms with Gasteiger partial charge in [0, 0.05) is 17.4 Å². The zero-order valence-electron chi connectivity index (χ0n) is 21.7. The van der Waals surface area contributed by atoms with Crippen molar-refractivity contribution < 1.29 is 4.79 Å². The summed E-state index contributed by atoms with van der Waals surface area (Å²) in [6, 6.07) is 14.8. The number of para-hydroxylation sites is 1. The number of hydrogen-bond donors (Lipinski definition) is 0. The molecule has 5 nitrogen and oxygen atoms in total. The maximum Gasteiger partial charge on any atom is 0.266 e. The van der Waals surface area contributed by atoms with E-state index in [0.29, 0.717) is 36.1 Å². The lowest BCUT2D eigenvalue weighted by atomic mass is 9.91. The predicted molar refractivity (Wildman–Crippen MR) is 148 cm³/mol. The van der Waals surface area contributed by atoms with Crippen LogP contribution in [0.5, 0.6) is 0 Å². The minimum atomic E-state index is -0.299. The van der Waals surface area contributed by atoms with E-state index in [1.807, 2.05) is 53.4 Å². The molecule has 188 valence electrons. The summed E-state index contributed by atoms with van der Waals surface area (Å²) in [5.74, 6) is 0.738. The number of halogens is 1. The first-order chi connectivity index (χ1) is 16.7. The molecule has 0 saturated heterocycles. The monoisotopic (exact) mass is 539 g/mol. The van der Waals surface area contributed by atoms with E-state index in [1.165, 1.54) is 0 Å². The van der Waals surface area contributed by atoms with Gasteiger partial charge in [0.2, 0.25) is 5.91 Å². The van der Waals surface area contributed by atoms with Crippen LogP contribution in [0.2, 0.25) is 0 Å². The summed E-state index contributed by atoms with van der Waals surface area (Å²) >= 11 is 3.49. The lowest BCUT2D eigenvalue weighted by Gasteiger charge is -2.34. The van der Waals surface area contributed by atoms with E-state index >= 15 is 0 Å². The molecule has 1 heterocycles. The van der Waals surface area contributed by atoms with Crippen LogP contribution in [0.15, 0.2) is 57.8 Å². The first kappa shape index (κ1) is 27.1. The van der Waals surface area contributed by atoms with Gasteiger partial charge in [-0.05, 0) is 54.7 Å². The molecular formula is C29H38BrN3O2. The molecular weight excluding hydrogens is 502 g/mol. The Morgan fingerprint density at radius 2 is 1.71 bits per heavy atom. The van der Waals surface area contributed by atoms with E-state index in [0.717, 1.165) is 35.8 Å². The number of aromatic nitrogens is 2. The Morgan fingerprint density at radius 3 is 2.34 bits per heavy atom. The molecule has 3 aromatic rings. The van der Waals surface area contributed by atoms with Gasteiger partial charge in [-0.3, -0.25) is 14.2 Å². The van der Waals surface area contributed by atoms with E-state index in [9.17, 15) is 9.59 Å². The van der Waals surface area contributed by atoms with Crippen molar-refractivity contribution in [2.24, 2.45) is 5.41 Å². The van der Waals surface area contributed by atoms with Gasteiger partial charge in [0.05, 0.1) is 22.6 Å². The maximum absolute atomic E-state index is 13.8. The van der Waals surface area contributed by atoms with Crippen molar-refractivity contribution >= 4 is 32.7 Å². The average Bonchev–Trinajstić information content (AvgIpc) is 2.81. The van der Waals surface area contributed by atoms with Crippen LogP contribution in [0.1, 0.15) is 85.0 Å². The number of unbranched alkanes of at least 4 members (excludes halogenated alkanes) is 3. The van der Waals surface area contributed by atoms with Crippen molar-refractivity contribution in [3.63, 3.8) is 0 Å². The number of carbonyl (C=O) groups is 1. The van der Waals surface area contributed by atoms with Crippen LogP contribution < -0.4 is 5.56 Å². The van der Waals surface area contributed by atoms with Crippen molar-refractivity contribution in [2.75, 3.05) is 6.54 Å². The number of hydrogen-bond acceptors (Lipinski definition) is 3. The third-order valence-electron chi connectivity index (χ3n) is 6.20. The highest BCUT2D eigenvalue weighted by Gasteiger charge is 2.30. The van der Waals surface area contributed by atoms with Crippen molar-refractivity contribution in [3.8, 4) is 5.69 Å². The van der Waals surface area contributed by atoms with E-state index < -0.39 is 0 Å². The Labute approximate surface area is 217 Å². The fourth-order valence-electron chi connectivity index (χ4n) is 4.47. The molecule has 1 aromatic heterocycles. The zero-order valence-corrected chi connectivity index (χ0v) is 23.3. The minimum Gasteiger partial charge on any atom is -0.332 e. The number of amides is 1. The van der Waals surface area contributed by atoms with E-state index in [1.54, 1.807) is 4.57 Å². The third kappa shape index (κ3) is 6.81. The standard InChI is InChI=1S/C29H38BrN3O2/c1-6-8-9-12-19-32(26(34)20-29(3,4)5)25(7-2)27-31-24-14-11-10-13-23(24)28(35)33(27)22-17-15-21(30)16-18-22/h10-11,13-18,25H,6-9,12,19-20H2,1-5H3. The molecule has 0 saturated carbocycles. The molecule has 0 aliphatic heterocycles. The van der Waals surface area contributed by atoms with Crippen molar-refractivity contribution in [1.29, 1.82) is 0 Å². The lowest BCUT2D eigenvalue weighted by molar-refractivity contribution is -0.136. The highest BCUT2D eigenvalue weighted by molar-refractivity contribution is 9.10. The molecule has 0 N–H and O–H groups in total. The van der Waals surface area contributed by atoms with Gasteiger partial charge in [-0.25, -0.2) is 4.98 Å². The summed E-state index contributed by atoms with van der Waals surface area (Å²) < 4.78 is 2.64. The maximum atomic E-state index is 13.8. The fraction of sp³-hybridized carbons (Fsp3) is 0.483. The normalized spacial score (nSPS) is 12.6. The molecule has 0 aliphatic rings. The number of rotatable bonds is 10. The summed E-state index contributed by atoms with van der Waals surface area (Å²) in [4.78, 5) is 34.4. The SMILES string of the molecule is CCCCCCN(C(=O)CC(C)(C)C)C(CC)c1nc2ccccc2c(=O)n1-c1ccc(Br)cc1. The summed E-state index contributed by atoms with van der Waals surface area (Å²) in [6.07, 6.45) is 5.43. The van der Waals surface area contributed by atoms with E-state index in [4.69, 9.17) is 4.98 Å².